The van der Waals surface area contributed by atoms with Crippen molar-refractivity contribution in [3.8, 4) is 22.5 Å². The molecule has 100 valence electrons. The van der Waals surface area contributed by atoms with Crippen molar-refractivity contribution in [3.63, 3.8) is 0 Å². The fourth-order valence-electron chi connectivity index (χ4n) is 1.93. The van der Waals surface area contributed by atoms with Crippen molar-refractivity contribution in [2.45, 2.75) is 0 Å². The Morgan fingerprint density at radius 3 is 2.75 bits per heavy atom. The Balaban J connectivity index is 2.18. The van der Waals surface area contributed by atoms with Crippen molar-refractivity contribution in [2.24, 2.45) is 0 Å². The molecular formula is C14H9BrClN3O. The van der Waals surface area contributed by atoms with Gasteiger partial charge in [0.2, 0.25) is 0 Å². The summed E-state index contributed by atoms with van der Waals surface area (Å²) in [7, 11) is 0. The Morgan fingerprint density at radius 2 is 2.05 bits per heavy atom. The molecule has 3 rings (SSSR count). The van der Waals surface area contributed by atoms with Crippen molar-refractivity contribution >= 4 is 33.3 Å². The van der Waals surface area contributed by atoms with Crippen molar-refractivity contribution in [1.82, 2.24) is 10.1 Å². The van der Waals surface area contributed by atoms with Crippen molar-refractivity contribution in [2.75, 3.05) is 5.73 Å². The third kappa shape index (κ3) is 2.30. The van der Waals surface area contributed by atoms with Crippen molar-refractivity contribution in [3.05, 3.63) is 52.2 Å². The van der Waals surface area contributed by atoms with Gasteiger partial charge in [-0.25, -0.2) is 0 Å². The second-order valence-electron chi connectivity index (χ2n) is 4.14. The molecule has 4 nitrogen and oxygen atoms in total. The van der Waals surface area contributed by atoms with E-state index in [4.69, 9.17) is 21.9 Å². The summed E-state index contributed by atoms with van der Waals surface area (Å²) in [5.74, 6) is 0.923. The largest absolute Gasteiger partial charge is 0.380 e. The molecule has 0 fully saturated rings. The van der Waals surface area contributed by atoms with Crippen LogP contribution < -0.4 is 5.73 Å². The van der Waals surface area contributed by atoms with Crippen LogP contribution >= 0.6 is 27.5 Å². The quantitative estimate of drug-likeness (QED) is 0.744. The molecule has 3 aromatic rings. The second kappa shape index (κ2) is 5.26. The van der Waals surface area contributed by atoms with E-state index in [1.807, 2.05) is 24.3 Å². The molecule has 0 bridgehead atoms. The fraction of sp³-hybridized carbons (Fsp3) is 0. The summed E-state index contributed by atoms with van der Waals surface area (Å²) in [6.07, 6.45) is 3.42. The van der Waals surface area contributed by atoms with Crippen LogP contribution in [0, 0.1) is 0 Å². The molecule has 1 aromatic carbocycles. The standard InChI is InChI=1S/C14H9BrClN3O/c15-10-6-8(3-4-11(10)16)13-12(14(17)19-20-13)9-2-1-5-18-7-9/h1-7H,(H2,17,19). The predicted molar refractivity (Wildman–Crippen MR) is 82.3 cm³/mol. The van der Waals surface area contributed by atoms with E-state index in [1.165, 1.54) is 0 Å². The third-order valence-corrected chi connectivity index (χ3v) is 4.06. The maximum Gasteiger partial charge on any atom is 0.177 e. The highest BCUT2D eigenvalue weighted by molar-refractivity contribution is 9.10. The first kappa shape index (κ1) is 13.1. The number of halogens is 2. The molecule has 0 saturated heterocycles. The molecule has 0 aliphatic rings. The molecule has 0 atom stereocenters. The maximum absolute atomic E-state index is 6.00. The predicted octanol–water partition coefficient (Wildman–Crippen LogP) is 4.40. The number of hydrogen-bond donors (Lipinski definition) is 1. The zero-order chi connectivity index (χ0) is 14.1. The lowest BCUT2D eigenvalue weighted by Gasteiger charge is -2.03. The van der Waals surface area contributed by atoms with E-state index in [9.17, 15) is 0 Å². The lowest BCUT2D eigenvalue weighted by atomic mass is 10.0. The molecule has 0 amide bonds. The van der Waals surface area contributed by atoms with E-state index in [2.05, 4.69) is 26.1 Å². The lowest BCUT2D eigenvalue weighted by molar-refractivity contribution is 0.436. The second-order valence-corrected chi connectivity index (χ2v) is 5.40. The first-order chi connectivity index (χ1) is 9.66. The first-order valence-electron chi connectivity index (χ1n) is 5.78. The highest BCUT2D eigenvalue weighted by atomic mass is 79.9. The Morgan fingerprint density at radius 1 is 1.20 bits per heavy atom. The van der Waals surface area contributed by atoms with Crippen molar-refractivity contribution in [1.29, 1.82) is 0 Å². The summed E-state index contributed by atoms with van der Waals surface area (Å²) in [4.78, 5) is 4.09. The zero-order valence-electron chi connectivity index (χ0n) is 10.2. The fourth-order valence-corrected chi connectivity index (χ4v) is 2.42. The van der Waals surface area contributed by atoms with Crippen LogP contribution in [0.1, 0.15) is 0 Å². The van der Waals surface area contributed by atoms with Gasteiger partial charge in [0.25, 0.3) is 0 Å². The Hall–Kier alpha value is -1.85. The van der Waals surface area contributed by atoms with Gasteiger partial charge >= 0.3 is 0 Å². The minimum atomic E-state index is 0.332. The van der Waals surface area contributed by atoms with Crippen LogP contribution in [0.3, 0.4) is 0 Å². The minimum Gasteiger partial charge on any atom is -0.380 e. The number of nitrogens with two attached hydrogens (primary N) is 1. The van der Waals surface area contributed by atoms with Gasteiger partial charge in [-0.2, -0.15) is 0 Å². The molecular weight excluding hydrogens is 342 g/mol. The van der Waals surface area contributed by atoms with Gasteiger partial charge in [0.05, 0.1) is 10.6 Å². The Kier molecular flexibility index (Phi) is 3.46. The van der Waals surface area contributed by atoms with Gasteiger partial charge in [-0.1, -0.05) is 22.8 Å². The summed E-state index contributed by atoms with van der Waals surface area (Å²) in [5, 5.41) is 4.48. The highest BCUT2D eigenvalue weighted by Crippen LogP contribution is 2.38. The Labute approximate surface area is 128 Å². The maximum atomic E-state index is 6.00. The van der Waals surface area contributed by atoms with Crippen LogP contribution in [0.2, 0.25) is 5.02 Å². The zero-order valence-corrected chi connectivity index (χ0v) is 12.5. The smallest absolute Gasteiger partial charge is 0.177 e. The number of rotatable bonds is 2. The molecule has 0 aliphatic heterocycles. The average Bonchev–Trinajstić information content (AvgIpc) is 2.85. The van der Waals surface area contributed by atoms with E-state index < -0.39 is 0 Å². The number of nitrogens with zero attached hydrogens (tertiary/aromatic N) is 2. The topological polar surface area (TPSA) is 64.9 Å². The lowest BCUT2D eigenvalue weighted by Crippen LogP contribution is -1.89. The number of benzene rings is 1. The van der Waals surface area contributed by atoms with Crippen LogP contribution in [0.15, 0.2) is 51.7 Å². The van der Waals surface area contributed by atoms with E-state index in [1.54, 1.807) is 18.5 Å². The third-order valence-electron chi connectivity index (χ3n) is 2.85. The number of nitrogen functional groups attached to an aromatic ring is 1. The SMILES string of the molecule is Nc1noc(-c2ccc(Cl)c(Br)c2)c1-c1cccnc1. The number of hydrogen-bond acceptors (Lipinski definition) is 4. The molecule has 20 heavy (non-hydrogen) atoms. The summed E-state index contributed by atoms with van der Waals surface area (Å²) < 4.78 is 6.15. The van der Waals surface area contributed by atoms with E-state index in [0.29, 0.717) is 16.6 Å². The average molecular weight is 351 g/mol. The molecule has 2 aromatic heterocycles. The van der Waals surface area contributed by atoms with Crippen LogP contribution in [-0.2, 0) is 0 Å². The van der Waals surface area contributed by atoms with Crippen LogP contribution in [0.25, 0.3) is 22.5 Å². The van der Waals surface area contributed by atoms with Gasteiger partial charge in [0.15, 0.2) is 11.6 Å². The number of pyridine rings is 1. The van der Waals surface area contributed by atoms with Gasteiger partial charge in [-0.15, -0.1) is 0 Å². The summed E-state index contributed by atoms with van der Waals surface area (Å²) in [6, 6.07) is 9.25. The van der Waals surface area contributed by atoms with Gasteiger partial charge in [0, 0.05) is 28.0 Å². The minimum absolute atomic E-state index is 0.332. The molecule has 6 heteroatoms. The van der Waals surface area contributed by atoms with Gasteiger partial charge in [-0.05, 0) is 40.2 Å². The highest BCUT2D eigenvalue weighted by Gasteiger charge is 2.18. The molecule has 0 aliphatic carbocycles. The normalized spacial score (nSPS) is 10.7. The summed E-state index contributed by atoms with van der Waals surface area (Å²) in [6.45, 7) is 0. The first-order valence-corrected chi connectivity index (χ1v) is 6.95. The van der Waals surface area contributed by atoms with Crippen LogP contribution in [0.4, 0.5) is 5.82 Å². The molecule has 0 unspecified atom stereocenters. The van der Waals surface area contributed by atoms with E-state index in [0.717, 1.165) is 21.2 Å². The number of anilines is 1. The number of aromatic nitrogens is 2. The molecule has 2 heterocycles. The molecule has 0 radical (unpaired) electrons. The summed E-state index contributed by atoms with van der Waals surface area (Å²) >= 11 is 9.40. The summed E-state index contributed by atoms with van der Waals surface area (Å²) in [5.41, 5.74) is 8.33. The van der Waals surface area contributed by atoms with E-state index >= 15 is 0 Å². The van der Waals surface area contributed by atoms with Crippen molar-refractivity contribution < 1.29 is 4.52 Å². The monoisotopic (exact) mass is 349 g/mol. The molecule has 0 spiro atoms. The van der Waals surface area contributed by atoms with Crippen LogP contribution in [-0.4, -0.2) is 10.1 Å². The van der Waals surface area contributed by atoms with E-state index in [-0.39, 0.29) is 0 Å². The molecule has 0 saturated carbocycles. The molecule has 2 N–H and O–H groups in total. The van der Waals surface area contributed by atoms with Gasteiger partial charge in [-0.3, -0.25) is 4.98 Å². The van der Waals surface area contributed by atoms with Crippen LogP contribution in [0.5, 0.6) is 0 Å². The van der Waals surface area contributed by atoms with Gasteiger partial charge < -0.3 is 10.3 Å². The Bertz CT molecular complexity index is 758. The van der Waals surface area contributed by atoms with Gasteiger partial charge in [0.1, 0.15) is 0 Å².